The van der Waals surface area contributed by atoms with Gasteiger partial charge in [0.1, 0.15) is 4.88 Å². The van der Waals surface area contributed by atoms with E-state index >= 15 is 0 Å². The first-order chi connectivity index (χ1) is 10.1. The van der Waals surface area contributed by atoms with Gasteiger partial charge < -0.3 is 11.1 Å². The van der Waals surface area contributed by atoms with E-state index in [0.717, 1.165) is 14.6 Å². The van der Waals surface area contributed by atoms with Crippen molar-refractivity contribution >= 4 is 48.9 Å². The number of amides is 1. The number of nitrogens with one attached hydrogen (secondary N) is 1. The van der Waals surface area contributed by atoms with E-state index in [1.807, 2.05) is 18.2 Å². The van der Waals surface area contributed by atoms with Crippen LogP contribution in [0.5, 0.6) is 0 Å². The Hall–Kier alpha value is -1.07. The summed E-state index contributed by atoms with van der Waals surface area (Å²) in [4.78, 5) is 13.3. The van der Waals surface area contributed by atoms with Gasteiger partial charge in [0.15, 0.2) is 0 Å². The van der Waals surface area contributed by atoms with Crippen LogP contribution >= 0.6 is 27.3 Å². The van der Waals surface area contributed by atoms with Crippen LogP contribution in [-0.2, 0) is 0 Å². The smallest absolute Gasteiger partial charge is 0.263 e. The van der Waals surface area contributed by atoms with Crippen LogP contribution in [0.1, 0.15) is 35.4 Å². The molecule has 0 radical (unpaired) electrons. The van der Waals surface area contributed by atoms with Crippen LogP contribution in [0.2, 0.25) is 0 Å². The molecule has 0 aliphatic heterocycles. The molecule has 4 rings (SSSR count). The largest absolute Gasteiger partial charge is 0.397 e. The molecule has 0 spiro atoms. The number of carbonyl (C=O) groups excluding carboxylic acids is 1. The van der Waals surface area contributed by atoms with Gasteiger partial charge >= 0.3 is 0 Å². The summed E-state index contributed by atoms with van der Waals surface area (Å²) in [5, 5.41) is 4.22. The molecule has 3 N–H and O–H groups in total. The molecule has 0 saturated heterocycles. The molecule has 2 saturated carbocycles. The normalized spacial score (nSPS) is 18.4. The summed E-state index contributed by atoms with van der Waals surface area (Å²) >= 11 is 4.95. The number of hydrogen-bond acceptors (Lipinski definition) is 3. The van der Waals surface area contributed by atoms with Gasteiger partial charge in [-0.15, -0.1) is 11.3 Å². The molecule has 110 valence electrons. The lowest BCUT2D eigenvalue weighted by molar-refractivity contribution is 0.0931. The number of carbonyl (C=O) groups is 1. The van der Waals surface area contributed by atoms with Gasteiger partial charge in [-0.2, -0.15) is 0 Å². The highest BCUT2D eigenvalue weighted by molar-refractivity contribution is 9.10. The van der Waals surface area contributed by atoms with Crippen molar-refractivity contribution in [2.75, 3.05) is 5.73 Å². The molecule has 21 heavy (non-hydrogen) atoms. The van der Waals surface area contributed by atoms with E-state index < -0.39 is 0 Å². The third-order valence-corrected chi connectivity index (χ3v) is 6.13. The summed E-state index contributed by atoms with van der Waals surface area (Å²) in [6.07, 6.45) is 5.04. The molecule has 1 aromatic carbocycles. The van der Waals surface area contributed by atoms with Crippen LogP contribution in [0.15, 0.2) is 22.7 Å². The van der Waals surface area contributed by atoms with E-state index in [9.17, 15) is 4.79 Å². The zero-order valence-corrected chi connectivity index (χ0v) is 14.0. The minimum atomic E-state index is 0.00798. The minimum absolute atomic E-state index is 0.00798. The Bertz CT molecular complexity index is 706. The van der Waals surface area contributed by atoms with Gasteiger partial charge in [-0.05, 0) is 55.7 Å². The molecule has 1 aromatic heterocycles. The predicted octanol–water partition coefficient (Wildman–Crippen LogP) is 4.16. The Morgan fingerprint density at radius 2 is 1.95 bits per heavy atom. The van der Waals surface area contributed by atoms with Crippen molar-refractivity contribution < 1.29 is 4.79 Å². The first-order valence-electron chi connectivity index (χ1n) is 7.42. The van der Waals surface area contributed by atoms with E-state index in [2.05, 4.69) is 21.2 Å². The van der Waals surface area contributed by atoms with Crippen molar-refractivity contribution in [3.05, 3.63) is 27.5 Å². The third-order valence-electron chi connectivity index (χ3n) is 4.45. The zero-order valence-electron chi connectivity index (χ0n) is 11.6. The second kappa shape index (κ2) is 4.99. The van der Waals surface area contributed by atoms with Crippen LogP contribution < -0.4 is 11.1 Å². The molecule has 0 unspecified atom stereocenters. The SMILES string of the molecule is Nc1c(C(=O)NC(C2CC2)C2CC2)sc2ccc(Br)cc12. The number of nitrogen functional groups attached to an aromatic ring is 1. The van der Waals surface area contributed by atoms with Crippen LogP contribution in [0.25, 0.3) is 10.1 Å². The van der Waals surface area contributed by atoms with Gasteiger partial charge in [-0.3, -0.25) is 4.79 Å². The molecular weight excluding hydrogens is 348 g/mol. The second-order valence-corrected chi connectivity index (χ2v) is 8.13. The van der Waals surface area contributed by atoms with Crippen LogP contribution in [0, 0.1) is 11.8 Å². The fourth-order valence-corrected chi connectivity index (χ4v) is 4.37. The highest BCUT2D eigenvalue weighted by Gasteiger charge is 2.42. The van der Waals surface area contributed by atoms with Crippen molar-refractivity contribution in [2.24, 2.45) is 11.8 Å². The van der Waals surface area contributed by atoms with Crippen LogP contribution in [0.4, 0.5) is 5.69 Å². The first-order valence-corrected chi connectivity index (χ1v) is 9.03. The molecule has 2 aliphatic carbocycles. The van der Waals surface area contributed by atoms with E-state index in [0.29, 0.717) is 28.4 Å². The van der Waals surface area contributed by atoms with Crippen LogP contribution in [0.3, 0.4) is 0 Å². The summed E-state index contributed by atoms with van der Waals surface area (Å²) in [6, 6.07) is 6.35. The lowest BCUT2D eigenvalue weighted by atomic mass is 10.1. The average molecular weight is 365 g/mol. The van der Waals surface area contributed by atoms with E-state index in [4.69, 9.17) is 5.73 Å². The number of nitrogens with two attached hydrogens (primary N) is 1. The Labute approximate surface area is 136 Å². The van der Waals surface area contributed by atoms with E-state index in [1.54, 1.807) is 0 Å². The highest BCUT2D eigenvalue weighted by atomic mass is 79.9. The number of halogens is 1. The number of rotatable bonds is 4. The molecule has 5 heteroatoms. The van der Waals surface area contributed by atoms with Gasteiger partial charge in [0.2, 0.25) is 0 Å². The summed E-state index contributed by atoms with van der Waals surface area (Å²) in [7, 11) is 0. The summed E-state index contributed by atoms with van der Waals surface area (Å²) in [6.45, 7) is 0. The Morgan fingerprint density at radius 1 is 1.29 bits per heavy atom. The summed E-state index contributed by atoms with van der Waals surface area (Å²) in [5.41, 5.74) is 6.81. The number of anilines is 1. The summed E-state index contributed by atoms with van der Waals surface area (Å²) < 4.78 is 2.05. The highest BCUT2D eigenvalue weighted by Crippen LogP contribution is 2.45. The molecule has 2 aliphatic rings. The third kappa shape index (κ3) is 2.57. The molecule has 1 amide bonds. The molecular formula is C16H17BrN2OS. The zero-order chi connectivity index (χ0) is 14.6. The van der Waals surface area contributed by atoms with Gasteiger partial charge in [0.25, 0.3) is 5.91 Å². The maximum atomic E-state index is 12.6. The topological polar surface area (TPSA) is 55.1 Å². The number of fused-ring (bicyclic) bond motifs is 1. The fourth-order valence-electron chi connectivity index (χ4n) is 3.01. The van der Waals surface area contributed by atoms with E-state index in [-0.39, 0.29) is 5.91 Å². The molecule has 3 nitrogen and oxygen atoms in total. The monoisotopic (exact) mass is 364 g/mol. The summed E-state index contributed by atoms with van der Waals surface area (Å²) in [5.74, 6) is 1.41. The second-order valence-electron chi connectivity index (χ2n) is 6.16. The molecule has 0 bridgehead atoms. The first kappa shape index (κ1) is 13.6. The van der Waals surface area contributed by atoms with Crippen molar-refractivity contribution in [3.8, 4) is 0 Å². The van der Waals surface area contributed by atoms with Gasteiger partial charge in [0.05, 0.1) is 5.69 Å². The van der Waals surface area contributed by atoms with Gasteiger partial charge in [-0.1, -0.05) is 15.9 Å². The van der Waals surface area contributed by atoms with Crippen molar-refractivity contribution in [2.45, 2.75) is 31.7 Å². The predicted molar refractivity (Wildman–Crippen MR) is 90.6 cm³/mol. The number of thiophene rings is 1. The van der Waals surface area contributed by atoms with Crippen LogP contribution in [-0.4, -0.2) is 11.9 Å². The number of hydrogen-bond donors (Lipinski definition) is 2. The maximum Gasteiger partial charge on any atom is 0.263 e. The lowest BCUT2D eigenvalue weighted by Crippen LogP contribution is -2.37. The maximum absolute atomic E-state index is 12.6. The fraction of sp³-hybridized carbons (Fsp3) is 0.438. The van der Waals surface area contributed by atoms with Crippen molar-refractivity contribution in [3.63, 3.8) is 0 Å². The minimum Gasteiger partial charge on any atom is -0.397 e. The van der Waals surface area contributed by atoms with Gasteiger partial charge in [0, 0.05) is 20.6 Å². The van der Waals surface area contributed by atoms with E-state index in [1.165, 1.54) is 37.0 Å². The Balaban J connectivity index is 1.62. The molecule has 2 fully saturated rings. The quantitative estimate of drug-likeness (QED) is 0.855. The van der Waals surface area contributed by atoms with Crippen molar-refractivity contribution in [1.29, 1.82) is 0 Å². The Morgan fingerprint density at radius 3 is 2.57 bits per heavy atom. The molecule has 1 heterocycles. The van der Waals surface area contributed by atoms with Gasteiger partial charge in [-0.25, -0.2) is 0 Å². The standard InChI is InChI=1S/C16H17BrN2OS/c17-10-5-6-12-11(7-10)13(18)15(21-12)16(20)19-14(8-1-2-8)9-3-4-9/h5-9,14H,1-4,18H2,(H,19,20). The molecule has 2 aromatic rings. The lowest BCUT2D eigenvalue weighted by Gasteiger charge is -2.17. The Kier molecular flexibility index (Phi) is 3.23. The number of benzene rings is 1. The van der Waals surface area contributed by atoms with Crippen molar-refractivity contribution in [1.82, 2.24) is 5.32 Å². The average Bonchev–Trinajstić information content (AvgIpc) is 3.36. The molecule has 0 atom stereocenters.